The maximum absolute atomic E-state index is 13.3. The van der Waals surface area contributed by atoms with E-state index in [4.69, 9.17) is 0 Å². The molecule has 2 rings (SSSR count). The maximum atomic E-state index is 13.3. The Kier molecular flexibility index (Phi) is 7.06. The van der Waals surface area contributed by atoms with Crippen molar-refractivity contribution in [2.75, 3.05) is 13.1 Å². The molecule has 1 aliphatic heterocycles. The largest absolute Gasteiger partial charge is 0.339 e. The first-order chi connectivity index (χ1) is 12.7. The normalized spacial score (nSPS) is 20.4. The zero-order valence-corrected chi connectivity index (χ0v) is 18.1. The third kappa shape index (κ3) is 4.53. The van der Waals surface area contributed by atoms with Gasteiger partial charge in [-0.05, 0) is 47.0 Å². The molecule has 0 unspecified atom stereocenters. The van der Waals surface area contributed by atoms with Gasteiger partial charge in [0.1, 0.15) is 0 Å². The van der Waals surface area contributed by atoms with E-state index in [1.165, 1.54) is 0 Å². The van der Waals surface area contributed by atoms with Crippen LogP contribution in [0.3, 0.4) is 0 Å². The first kappa shape index (κ1) is 21.5. The number of piperidine rings is 1. The van der Waals surface area contributed by atoms with Gasteiger partial charge in [0.05, 0.1) is 11.6 Å². The third-order valence-electron chi connectivity index (χ3n) is 5.82. The highest BCUT2D eigenvalue weighted by Gasteiger charge is 2.38. The van der Waals surface area contributed by atoms with Gasteiger partial charge in [0.2, 0.25) is 11.8 Å². The van der Waals surface area contributed by atoms with Gasteiger partial charge < -0.3 is 9.80 Å². The summed E-state index contributed by atoms with van der Waals surface area (Å²) in [7, 11) is 0. The lowest BCUT2D eigenvalue weighted by molar-refractivity contribution is -0.147. The quantitative estimate of drug-likeness (QED) is 0.734. The Morgan fingerprint density at radius 1 is 1.30 bits per heavy atom. The van der Waals surface area contributed by atoms with Crippen molar-refractivity contribution in [3.05, 3.63) is 17.0 Å². The van der Waals surface area contributed by atoms with Crippen molar-refractivity contribution in [3.63, 3.8) is 0 Å². The number of amides is 2. The van der Waals surface area contributed by atoms with Gasteiger partial charge in [0.25, 0.3) is 0 Å². The Morgan fingerprint density at radius 3 is 2.48 bits per heavy atom. The molecule has 152 valence electrons. The van der Waals surface area contributed by atoms with Crippen LogP contribution in [0, 0.1) is 25.7 Å². The predicted octanol–water partition coefficient (Wildman–Crippen LogP) is 3.15. The van der Waals surface area contributed by atoms with Gasteiger partial charge in [-0.3, -0.25) is 14.3 Å². The fraction of sp³-hybridized carbons (Fsp3) is 0.762. The SMILES string of the molecule is CCN(Cc1c(C)nn(CC)c1C)C(=O)[C@@H]1CCC(=O)N(CC(C)C)[C@@H]1C. The van der Waals surface area contributed by atoms with E-state index in [-0.39, 0.29) is 23.8 Å². The second-order valence-corrected chi connectivity index (χ2v) is 8.14. The predicted molar refractivity (Wildman–Crippen MR) is 107 cm³/mol. The van der Waals surface area contributed by atoms with Crippen LogP contribution < -0.4 is 0 Å². The molecule has 0 saturated carbocycles. The van der Waals surface area contributed by atoms with Crippen molar-refractivity contribution < 1.29 is 9.59 Å². The minimum absolute atomic E-state index is 0.0456. The van der Waals surface area contributed by atoms with E-state index in [1.807, 2.05) is 35.3 Å². The zero-order valence-electron chi connectivity index (χ0n) is 18.1. The van der Waals surface area contributed by atoms with Crippen LogP contribution in [-0.4, -0.2) is 50.5 Å². The van der Waals surface area contributed by atoms with Crippen molar-refractivity contribution in [2.45, 2.75) is 80.4 Å². The second kappa shape index (κ2) is 8.89. The smallest absolute Gasteiger partial charge is 0.228 e. The molecule has 2 atom stereocenters. The van der Waals surface area contributed by atoms with Gasteiger partial charge in [0.15, 0.2) is 0 Å². The highest BCUT2D eigenvalue weighted by atomic mass is 16.2. The van der Waals surface area contributed by atoms with Crippen molar-refractivity contribution in [1.29, 1.82) is 0 Å². The minimum atomic E-state index is -0.122. The van der Waals surface area contributed by atoms with Crippen LogP contribution in [0.15, 0.2) is 0 Å². The van der Waals surface area contributed by atoms with Gasteiger partial charge in [-0.2, -0.15) is 5.10 Å². The Balaban J connectivity index is 2.18. The first-order valence-electron chi connectivity index (χ1n) is 10.3. The summed E-state index contributed by atoms with van der Waals surface area (Å²) in [5.74, 6) is 0.620. The molecule has 6 nitrogen and oxygen atoms in total. The molecule has 27 heavy (non-hydrogen) atoms. The van der Waals surface area contributed by atoms with E-state index in [1.54, 1.807) is 0 Å². The van der Waals surface area contributed by atoms with E-state index in [0.717, 1.165) is 30.0 Å². The number of aryl methyl sites for hydroxylation is 2. The summed E-state index contributed by atoms with van der Waals surface area (Å²) in [6.07, 6.45) is 1.12. The summed E-state index contributed by atoms with van der Waals surface area (Å²) in [5, 5.41) is 4.58. The number of carbonyl (C=O) groups excluding carboxylic acids is 2. The number of hydrogen-bond acceptors (Lipinski definition) is 3. The van der Waals surface area contributed by atoms with Crippen LogP contribution in [0.2, 0.25) is 0 Å². The van der Waals surface area contributed by atoms with E-state index in [2.05, 4.69) is 32.8 Å². The minimum Gasteiger partial charge on any atom is -0.339 e. The standard InChI is InChI=1S/C21H36N4O2/c1-8-23(13-19-15(5)22-25(9-2)17(19)7)21(27)18-10-11-20(26)24(16(18)6)12-14(3)4/h14,16,18H,8-13H2,1-7H3/t16-,18-/m1/s1. The number of likely N-dealkylation sites (tertiary alicyclic amines) is 1. The van der Waals surface area contributed by atoms with E-state index >= 15 is 0 Å². The molecule has 0 radical (unpaired) electrons. The average molecular weight is 377 g/mol. The van der Waals surface area contributed by atoms with Crippen LogP contribution in [0.25, 0.3) is 0 Å². The molecule has 6 heteroatoms. The van der Waals surface area contributed by atoms with Gasteiger partial charge >= 0.3 is 0 Å². The van der Waals surface area contributed by atoms with Crippen molar-refractivity contribution >= 4 is 11.8 Å². The summed E-state index contributed by atoms with van der Waals surface area (Å²) in [5.41, 5.74) is 3.27. The maximum Gasteiger partial charge on any atom is 0.228 e. The third-order valence-corrected chi connectivity index (χ3v) is 5.82. The molecule has 0 aromatic carbocycles. The Labute approximate surface area is 163 Å². The molecule has 1 fully saturated rings. The van der Waals surface area contributed by atoms with Crippen LogP contribution in [0.1, 0.15) is 64.4 Å². The highest BCUT2D eigenvalue weighted by Crippen LogP contribution is 2.28. The zero-order chi connectivity index (χ0) is 20.3. The molecule has 2 heterocycles. The number of aromatic nitrogens is 2. The molecule has 0 bridgehead atoms. The van der Waals surface area contributed by atoms with Crippen molar-refractivity contribution in [2.24, 2.45) is 11.8 Å². The lowest BCUT2D eigenvalue weighted by atomic mass is 9.87. The summed E-state index contributed by atoms with van der Waals surface area (Å²) in [6.45, 7) is 17.2. The van der Waals surface area contributed by atoms with Crippen LogP contribution >= 0.6 is 0 Å². The molecular formula is C21H36N4O2. The monoisotopic (exact) mass is 376 g/mol. The Hall–Kier alpha value is -1.85. The van der Waals surface area contributed by atoms with Crippen LogP contribution in [0.5, 0.6) is 0 Å². The Bertz CT molecular complexity index is 680. The fourth-order valence-electron chi connectivity index (χ4n) is 4.14. The summed E-state index contributed by atoms with van der Waals surface area (Å²) < 4.78 is 2.00. The van der Waals surface area contributed by atoms with Crippen molar-refractivity contribution in [3.8, 4) is 0 Å². The van der Waals surface area contributed by atoms with Crippen LogP contribution in [-0.2, 0) is 22.7 Å². The Morgan fingerprint density at radius 2 is 1.96 bits per heavy atom. The molecule has 0 aliphatic carbocycles. The molecule has 1 aliphatic rings. The van der Waals surface area contributed by atoms with Gasteiger partial charge in [-0.1, -0.05) is 13.8 Å². The molecular weight excluding hydrogens is 340 g/mol. The van der Waals surface area contributed by atoms with Gasteiger partial charge in [-0.25, -0.2) is 0 Å². The summed E-state index contributed by atoms with van der Waals surface area (Å²) >= 11 is 0. The molecule has 1 aromatic heterocycles. The summed E-state index contributed by atoms with van der Waals surface area (Å²) in [6, 6.07) is -0.0456. The van der Waals surface area contributed by atoms with Crippen molar-refractivity contribution in [1.82, 2.24) is 19.6 Å². The van der Waals surface area contributed by atoms with Gasteiger partial charge in [0, 0.05) is 49.9 Å². The number of carbonyl (C=O) groups is 2. The second-order valence-electron chi connectivity index (χ2n) is 8.14. The highest BCUT2D eigenvalue weighted by molar-refractivity contribution is 5.84. The molecule has 0 spiro atoms. The van der Waals surface area contributed by atoms with Crippen LogP contribution in [0.4, 0.5) is 0 Å². The number of nitrogens with zero attached hydrogens (tertiary/aromatic N) is 4. The number of rotatable bonds is 7. The van der Waals surface area contributed by atoms with E-state index in [9.17, 15) is 9.59 Å². The average Bonchev–Trinajstić information content (AvgIpc) is 2.89. The molecule has 1 aromatic rings. The summed E-state index contributed by atoms with van der Waals surface area (Å²) in [4.78, 5) is 29.5. The molecule has 1 saturated heterocycles. The number of hydrogen-bond donors (Lipinski definition) is 0. The van der Waals surface area contributed by atoms with E-state index < -0.39 is 0 Å². The topological polar surface area (TPSA) is 58.4 Å². The lowest BCUT2D eigenvalue weighted by Crippen LogP contribution is -2.53. The molecule has 2 amide bonds. The first-order valence-corrected chi connectivity index (χ1v) is 10.3. The fourth-order valence-corrected chi connectivity index (χ4v) is 4.14. The lowest BCUT2D eigenvalue weighted by Gasteiger charge is -2.41. The van der Waals surface area contributed by atoms with Gasteiger partial charge in [-0.15, -0.1) is 0 Å². The molecule has 0 N–H and O–H groups in total. The van der Waals surface area contributed by atoms with E-state index in [0.29, 0.717) is 31.8 Å².